The number of ether oxygens (including phenoxy) is 1. The van der Waals surface area contributed by atoms with Crippen molar-refractivity contribution in [2.24, 2.45) is 4.99 Å². The van der Waals surface area contributed by atoms with E-state index >= 15 is 0 Å². The molecular weight excluding hydrogens is 272 g/mol. The van der Waals surface area contributed by atoms with E-state index in [0.717, 1.165) is 11.1 Å². The number of halogens is 1. The number of hydrogen-bond acceptors (Lipinski definition) is 3. The molecule has 100 valence electrons. The zero-order valence-electron chi connectivity index (χ0n) is 11.0. The summed E-state index contributed by atoms with van der Waals surface area (Å²) in [6, 6.07) is 15.0. The molecule has 3 nitrogen and oxygen atoms in total. The van der Waals surface area contributed by atoms with Crippen molar-refractivity contribution in [1.29, 1.82) is 5.26 Å². The highest BCUT2D eigenvalue weighted by atomic mass is 35.5. The molecule has 0 N–H and O–H groups in total. The zero-order valence-corrected chi connectivity index (χ0v) is 11.8. The fourth-order valence-electron chi connectivity index (χ4n) is 1.65. The minimum absolute atomic E-state index is 0.00686. The molecule has 0 radical (unpaired) electrons. The summed E-state index contributed by atoms with van der Waals surface area (Å²) in [4.78, 5) is 4.40. The molecule has 0 saturated heterocycles. The predicted octanol–water partition coefficient (Wildman–Crippen LogP) is 4.30. The van der Waals surface area contributed by atoms with Gasteiger partial charge in [0.15, 0.2) is 6.61 Å². The van der Waals surface area contributed by atoms with Crippen LogP contribution in [0.2, 0.25) is 5.02 Å². The fraction of sp³-hybridized carbons (Fsp3) is 0.125. The van der Waals surface area contributed by atoms with E-state index in [0.29, 0.717) is 16.5 Å². The lowest BCUT2D eigenvalue weighted by Gasteiger charge is -2.06. The molecule has 0 aliphatic heterocycles. The molecule has 0 fully saturated rings. The summed E-state index contributed by atoms with van der Waals surface area (Å²) in [6.45, 7) is 1.97. The molecule has 0 saturated carbocycles. The summed E-state index contributed by atoms with van der Waals surface area (Å²) in [6.07, 6.45) is 1.74. The highest BCUT2D eigenvalue weighted by Gasteiger charge is 2.02. The predicted molar refractivity (Wildman–Crippen MR) is 81.0 cm³/mol. The van der Waals surface area contributed by atoms with E-state index in [-0.39, 0.29) is 6.61 Å². The van der Waals surface area contributed by atoms with Gasteiger partial charge in [0.2, 0.25) is 0 Å². The molecule has 2 aromatic rings. The van der Waals surface area contributed by atoms with Crippen LogP contribution in [0.15, 0.2) is 47.5 Å². The van der Waals surface area contributed by atoms with Gasteiger partial charge in [-0.3, -0.25) is 4.99 Å². The molecule has 20 heavy (non-hydrogen) atoms. The molecule has 0 amide bonds. The number of aryl methyl sites for hydroxylation is 1. The Kier molecular flexibility index (Phi) is 4.75. The van der Waals surface area contributed by atoms with E-state index in [9.17, 15) is 0 Å². The molecular formula is C16H13ClN2O. The molecule has 4 heteroatoms. The van der Waals surface area contributed by atoms with Gasteiger partial charge in [-0.05, 0) is 42.3 Å². The molecule has 2 aromatic carbocycles. The van der Waals surface area contributed by atoms with Crippen LogP contribution in [-0.4, -0.2) is 12.8 Å². The lowest BCUT2D eigenvalue weighted by Crippen LogP contribution is -1.94. The lowest BCUT2D eigenvalue weighted by molar-refractivity contribution is 0.369. The smallest absolute Gasteiger partial charge is 0.174 e. The van der Waals surface area contributed by atoms with Crippen molar-refractivity contribution >= 4 is 23.5 Å². The third kappa shape index (κ3) is 3.84. The normalized spacial score (nSPS) is 10.4. The summed E-state index contributed by atoms with van der Waals surface area (Å²) in [5.74, 6) is 0.608. The quantitative estimate of drug-likeness (QED) is 0.786. The number of aliphatic imine (C=N–C) groups is 1. The number of rotatable bonds is 4. The zero-order chi connectivity index (χ0) is 14.4. The minimum atomic E-state index is 0.00686. The van der Waals surface area contributed by atoms with E-state index in [1.165, 1.54) is 0 Å². The summed E-state index contributed by atoms with van der Waals surface area (Å²) >= 11 is 5.83. The van der Waals surface area contributed by atoms with E-state index in [1.807, 2.05) is 55.5 Å². The van der Waals surface area contributed by atoms with Crippen LogP contribution >= 0.6 is 11.6 Å². The van der Waals surface area contributed by atoms with Gasteiger partial charge in [0.1, 0.15) is 17.5 Å². The highest BCUT2D eigenvalue weighted by Crippen LogP contribution is 2.28. The summed E-state index contributed by atoms with van der Waals surface area (Å²) in [5.41, 5.74) is 2.70. The minimum Gasteiger partial charge on any atom is -0.476 e. The molecule has 0 atom stereocenters. The van der Waals surface area contributed by atoms with E-state index < -0.39 is 0 Å². The van der Waals surface area contributed by atoms with Crippen LogP contribution in [0.25, 0.3) is 0 Å². The van der Waals surface area contributed by atoms with Gasteiger partial charge in [0.25, 0.3) is 0 Å². The van der Waals surface area contributed by atoms with Gasteiger partial charge in [0, 0.05) is 11.2 Å². The number of benzene rings is 2. The van der Waals surface area contributed by atoms with Crippen LogP contribution < -0.4 is 4.74 Å². The van der Waals surface area contributed by atoms with Crippen LogP contribution in [0.5, 0.6) is 5.75 Å². The second-order valence-corrected chi connectivity index (χ2v) is 4.66. The molecule has 2 rings (SSSR count). The Balaban J connectivity index is 2.23. The molecule has 0 heterocycles. The van der Waals surface area contributed by atoms with Crippen molar-refractivity contribution in [2.45, 2.75) is 6.92 Å². The Morgan fingerprint density at radius 1 is 1.25 bits per heavy atom. The standard InChI is InChI=1S/C16H13ClN2O/c1-12-2-7-15(16(10-12)20-9-8-18)19-11-13-3-5-14(17)6-4-13/h2-7,10-11H,9H2,1H3. The first-order valence-corrected chi connectivity index (χ1v) is 6.47. The van der Waals surface area contributed by atoms with Crippen molar-refractivity contribution < 1.29 is 4.74 Å². The number of nitriles is 1. The average Bonchev–Trinajstić information content (AvgIpc) is 2.46. The van der Waals surface area contributed by atoms with Crippen LogP contribution in [0, 0.1) is 18.3 Å². The molecule has 0 aliphatic carbocycles. The average molecular weight is 285 g/mol. The maximum atomic E-state index is 8.60. The molecule has 0 bridgehead atoms. The Bertz CT molecular complexity index is 657. The first-order chi connectivity index (χ1) is 9.69. The van der Waals surface area contributed by atoms with Crippen molar-refractivity contribution in [2.75, 3.05) is 6.61 Å². The summed E-state index contributed by atoms with van der Waals surface area (Å²) in [7, 11) is 0. The monoisotopic (exact) mass is 284 g/mol. The van der Waals surface area contributed by atoms with E-state index in [1.54, 1.807) is 6.21 Å². The van der Waals surface area contributed by atoms with Crippen molar-refractivity contribution in [1.82, 2.24) is 0 Å². The van der Waals surface area contributed by atoms with Gasteiger partial charge in [-0.1, -0.05) is 29.8 Å². The number of nitrogens with zero attached hydrogens (tertiary/aromatic N) is 2. The second-order valence-electron chi connectivity index (χ2n) is 4.23. The third-order valence-electron chi connectivity index (χ3n) is 2.63. The maximum Gasteiger partial charge on any atom is 0.174 e. The maximum absolute atomic E-state index is 8.60. The lowest BCUT2D eigenvalue weighted by atomic mass is 10.2. The van der Waals surface area contributed by atoms with E-state index in [2.05, 4.69) is 4.99 Å². The molecule has 0 aromatic heterocycles. The summed E-state index contributed by atoms with van der Waals surface area (Å²) < 4.78 is 5.38. The van der Waals surface area contributed by atoms with Crippen LogP contribution in [0.1, 0.15) is 11.1 Å². The van der Waals surface area contributed by atoms with Gasteiger partial charge in [-0.25, -0.2) is 0 Å². The van der Waals surface area contributed by atoms with Gasteiger partial charge >= 0.3 is 0 Å². The molecule has 0 unspecified atom stereocenters. The Morgan fingerprint density at radius 2 is 2.00 bits per heavy atom. The topological polar surface area (TPSA) is 45.4 Å². The SMILES string of the molecule is Cc1ccc(N=Cc2ccc(Cl)cc2)c(OCC#N)c1. The van der Waals surface area contributed by atoms with Crippen molar-refractivity contribution in [3.8, 4) is 11.8 Å². The van der Waals surface area contributed by atoms with Gasteiger partial charge in [-0.2, -0.15) is 5.26 Å². The van der Waals surface area contributed by atoms with Crippen LogP contribution in [0.4, 0.5) is 5.69 Å². The summed E-state index contributed by atoms with van der Waals surface area (Å²) in [5, 5.41) is 9.29. The first kappa shape index (κ1) is 14.1. The first-order valence-electron chi connectivity index (χ1n) is 6.09. The van der Waals surface area contributed by atoms with Crippen LogP contribution in [0.3, 0.4) is 0 Å². The molecule has 0 spiro atoms. The Hall–Kier alpha value is -2.31. The van der Waals surface area contributed by atoms with E-state index in [4.69, 9.17) is 21.6 Å². The van der Waals surface area contributed by atoms with Crippen molar-refractivity contribution in [3.63, 3.8) is 0 Å². The number of hydrogen-bond donors (Lipinski definition) is 0. The highest BCUT2D eigenvalue weighted by molar-refractivity contribution is 6.30. The Morgan fingerprint density at radius 3 is 2.70 bits per heavy atom. The van der Waals surface area contributed by atoms with Crippen LogP contribution in [-0.2, 0) is 0 Å². The third-order valence-corrected chi connectivity index (χ3v) is 2.88. The van der Waals surface area contributed by atoms with Gasteiger partial charge in [0.05, 0.1) is 0 Å². The van der Waals surface area contributed by atoms with Gasteiger partial charge < -0.3 is 4.74 Å². The molecule has 0 aliphatic rings. The largest absolute Gasteiger partial charge is 0.476 e. The Labute approximate surface area is 123 Å². The fourth-order valence-corrected chi connectivity index (χ4v) is 1.77. The van der Waals surface area contributed by atoms with Gasteiger partial charge in [-0.15, -0.1) is 0 Å². The second kappa shape index (κ2) is 6.74. The van der Waals surface area contributed by atoms with Crippen molar-refractivity contribution in [3.05, 3.63) is 58.6 Å².